The fraction of sp³-hybridized carbons (Fsp3) is 0.700. The van der Waals surface area contributed by atoms with Crippen molar-refractivity contribution < 1.29 is 8.85 Å². The summed E-state index contributed by atoms with van der Waals surface area (Å²) in [5.74, 6) is 13.2. The van der Waals surface area contributed by atoms with E-state index in [9.17, 15) is 10.5 Å². The molecular formula is C40H62N2O2S4Si2. The molecule has 2 rings (SSSR count). The normalized spacial score (nSPS) is 18.2. The number of nitrogens with zero attached hydrogens (tertiary/aromatic N) is 2. The molecule has 4 nitrogen and oxygen atoms in total. The van der Waals surface area contributed by atoms with Crippen LogP contribution in [0.2, 0.25) is 36.3 Å². The summed E-state index contributed by atoms with van der Waals surface area (Å²) in [6.45, 7) is 29.7. The Balaban J connectivity index is 2.57. The van der Waals surface area contributed by atoms with Gasteiger partial charge in [-0.2, -0.15) is 10.5 Å². The Morgan fingerprint density at radius 2 is 0.880 bits per heavy atom. The quantitative estimate of drug-likeness (QED) is 0.0980. The Bertz CT molecular complexity index is 1420. The van der Waals surface area contributed by atoms with E-state index in [4.69, 9.17) is 8.85 Å². The molecule has 276 valence electrons. The van der Waals surface area contributed by atoms with E-state index in [2.05, 4.69) is 117 Å². The van der Waals surface area contributed by atoms with Crippen molar-refractivity contribution in [2.75, 3.05) is 0 Å². The zero-order chi connectivity index (χ0) is 38.0. The van der Waals surface area contributed by atoms with E-state index in [-0.39, 0.29) is 10.1 Å². The molecule has 0 amide bonds. The first-order valence-corrected chi connectivity index (χ1v) is 27.4. The van der Waals surface area contributed by atoms with Crippen LogP contribution in [0, 0.1) is 46.3 Å². The topological polar surface area (TPSA) is 66.0 Å². The van der Waals surface area contributed by atoms with Crippen molar-refractivity contribution in [2.45, 2.75) is 181 Å². The highest BCUT2D eigenvalue weighted by atomic mass is 32.2. The Morgan fingerprint density at radius 1 is 0.540 bits per heavy atom. The zero-order valence-corrected chi connectivity index (χ0v) is 38.7. The highest BCUT2D eigenvalue weighted by Gasteiger charge is 2.44. The molecule has 2 unspecified atom stereocenters. The van der Waals surface area contributed by atoms with Crippen LogP contribution >= 0.6 is 47.0 Å². The van der Waals surface area contributed by atoms with Crippen LogP contribution in [0.25, 0.3) is 0 Å². The van der Waals surface area contributed by atoms with Crippen LogP contribution in [-0.2, 0) is 8.85 Å². The van der Waals surface area contributed by atoms with E-state index in [0.29, 0.717) is 0 Å². The number of rotatable bonds is 14. The van der Waals surface area contributed by atoms with Gasteiger partial charge in [-0.1, -0.05) is 153 Å². The average Bonchev–Trinajstić information content (AvgIpc) is 3.61. The number of unbranched alkanes of at least 4 members (excludes halogenated alkanes) is 6. The van der Waals surface area contributed by atoms with Gasteiger partial charge in [0.25, 0.3) is 0 Å². The van der Waals surface area contributed by atoms with Crippen LogP contribution in [0.4, 0.5) is 0 Å². The third kappa shape index (κ3) is 13.2. The maximum Gasteiger partial charge on any atom is 0.204 e. The van der Waals surface area contributed by atoms with Gasteiger partial charge in [0, 0.05) is 9.81 Å². The molecule has 0 spiro atoms. The highest BCUT2D eigenvalue weighted by Crippen LogP contribution is 2.61. The van der Waals surface area contributed by atoms with Crippen LogP contribution < -0.4 is 0 Å². The molecule has 0 aromatic carbocycles. The van der Waals surface area contributed by atoms with E-state index >= 15 is 0 Å². The van der Waals surface area contributed by atoms with Gasteiger partial charge in [-0.05, 0) is 87.6 Å². The van der Waals surface area contributed by atoms with Gasteiger partial charge < -0.3 is 8.85 Å². The molecule has 0 saturated heterocycles. The van der Waals surface area contributed by atoms with Crippen LogP contribution in [-0.4, -0.2) is 27.8 Å². The lowest BCUT2D eigenvalue weighted by atomic mass is 10.1. The first-order valence-electron chi connectivity index (χ1n) is 18.3. The van der Waals surface area contributed by atoms with Crippen LogP contribution in [0.3, 0.4) is 0 Å². The van der Waals surface area contributed by atoms with Gasteiger partial charge in [0.15, 0.2) is 16.6 Å². The van der Waals surface area contributed by atoms with E-state index in [1.165, 1.54) is 69.7 Å². The smallest absolute Gasteiger partial charge is 0.204 e. The van der Waals surface area contributed by atoms with Gasteiger partial charge >= 0.3 is 0 Å². The molecule has 2 atom stereocenters. The van der Waals surface area contributed by atoms with Crippen LogP contribution in [0.5, 0.6) is 0 Å². The molecule has 0 fully saturated rings. The van der Waals surface area contributed by atoms with Crippen molar-refractivity contribution in [3.05, 3.63) is 28.1 Å². The lowest BCUT2D eigenvalue weighted by molar-refractivity contribution is 0.187. The lowest BCUT2D eigenvalue weighted by Gasteiger charge is -2.39. The highest BCUT2D eigenvalue weighted by molar-refractivity contribution is 8.34. The second-order valence-electron chi connectivity index (χ2n) is 16.6. The van der Waals surface area contributed by atoms with E-state index < -0.39 is 27.8 Å². The monoisotopic (exact) mass is 786 g/mol. The zero-order valence-electron chi connectivity index (χ0n) is 33.4. The SMILES string of the molecule is CCCCCCC1=C(CCCCCC)SC(=C2SC(C#CC(C)(C#N)O[Si](C)(C)C(C)(C)C)=C(C#CC(C)(C#N)O[Si](C)(C)C(C)(C)C)S2)S1. The van der Waals surface area contributed by atoms with Gasteiger partial charge in [0.05, 0.1) is 18.3 Å². The van der Waals surface area contributed by atoms with Crippen molar-refractivity contribution >= 4 is 63.7 Å². The number of thioether (sulfide) groups is 4. The molecule has 0 N–H and O–H groups in total. The fourth-order valence-electron chi connectivity index (χ4n) is 4.63. The second-order valence-corrected chi connectivity index (χ2v) is 30.8. The fourth-order valence-corrected chi connectivity index (χ4v) is 13.0. The summed E-state index contributed by atoms with van der Waals surface area (Å²) < 4.78 is 15.6. The van der Waals surface area contributed by atoms with Crippen LogP contribution in [0.1, 0.15) is 133 Å². The largest absolute Gasteiger partial charge is 0.390 e. The second kappa shape index (κ2) is 18.9. The molecule has 2 aliphatic heterocycles. The molecule has 0 aromatic rings. The van der Waals surface area contributed by atoms with Crippen LogP contribution in [0.15, 0.2) is 28.1 Å². The molecule has 0 saturated carbocycles. The Labute approximate surface area is 325 Å². The predicted molar refractivity (Wildman–Crippen MR) is 229 cm³/mol. The third-order valence-electron chi connectivity index (χ3n) is 9.81. The summed E-state index contributed by atoms with van der Waals surface area (Å²) in [5, 5.41) is 20.4. The van der Waals surface area contributed by atoms with Gasteiger partial charge in [0.2, 0.25) is 11.2 Å². The van der Waals surface area contributed by atoms with E-state index in [1.54, 1.807) is 37.4 Å². The number of nitriles is 2. The van der Waals surface area contributed by atoms with Gasteiger partial charge in [-0.25, -0.2) is 0 Å². The molecule has 0 aliphatic carbocycles. The summed E-state index contributed by atoms with van der Waals surface area (Å²) in [6.07, 6.45) is 12.3. The minimum atomic E-state index is -2.27. The maximum atomic E-state index is 10.3. The Morgan fingerprint density at radius 3 is 1.18 bits per heavy atom. The molecule has 0 bridgehead atoms. The number of hydrogen-bond donors (Lipinski definition) is 0. The van der Waals surface area contributed by atoms with E-state index in [1.807, 2.05) is 23.5 Å². The van der Waals surface area contributed by atoms with Crippen molar-refractivity contribution in [3.63, 3.8) is 0 Å². The maximum absolute atomic E-state index is 10.3. The van der Waals surface area contributed by atoms with Gasteiger partial charge in [0.1, 0.15) is 12.1 Å². The Hall–Kier alpha value is -0.926. The first-order chi connectivity index (χ1) is 23.1. The van der Waals surface area contributed by atoms with Gasteiger partial charge in [-0.15, -0.1) is 0 Å². The molecule has 2 heterocycles. The standard InChI is InChI=1S/C40H62N2O2S4Si2/c1-15-17-19-21-23-31-32(24-22-20-18-16-2)46-35(45-31)36-47-33(25-27-39(9,29-41)43-49(11,12)37(3,4)5)34(48-36)26-28-40(10,30-42)44-50(13,14)38(6,7)8/h15-24H2,1-14H3. The summed E-state index contributed by atoms with van der Waals surface area (Å²) in [6, 6.07) is 4.73. The summed E-state index contributed by atoms with van der Waals surface area (Å²) in [4.78, 5) is 4.66. The summed E-state index contributed by atoms with van der Waals surface area (Å²) >= 11 is 7.15. The Kier molecular flexibility index (Phi) is 17.1. The molecule has 10 heteroatoms. The van der Waals surface area contributed by atoms with Crippen molar-refractivity contribution in [2.24, 2.45) is 0 Å². The van der Waals surface area contributed by atoms with Crippen molar-refractivity contribution in [1.82, 2.24) is 0 Å². The third-order valence-corrected chi connectivity index (χ3v) is 24.6. The summed E-state index contributed by atoms with van der Waals surface area (Å²) in [7, 11) is -4.55. The minimum Gasteiger partial charge on any atom is -0.390 e. The van der Waals surface area contributed by atoms with E-state index in [0.717, 1.165) is 22.7 Å². The average molecular weight is 787 g/mol. The minimum absolute atomic E-state index is 0.0590. The lowest BCUT2D eigenvalue weighted by Crippen LogP contribution is -2.47. The van der Waals surface area contributed by atoms with Gasteiger partial charge in [-0.3, -0.25) is 0 Å². The van der Waals surface area contributed by atoms with Crippen molar-refractivity contribution in [1.29, 1.82) is 10.5 Å². The first kappa shape index (κ1) is 45.2. The number of allylic oxidation sites excluding steroid dienone is 4. The molecule has 0 radical (unpaired) electrons. The predicted octanol–water partition coefficient (Wildman–Crippen LogP) is 14.1. The summed E-state index contributed by atoms with van der Waals surface area (Å²) in [5.41, 5.74) is -2.50. The molecule has 0 aromatic heterocycles. The molecule has 50 heavy (non-hydrogen) atoms. The van der Waals surface area contributed by atoms with Crippen molar-refractivity contribution in [3.8, 4) is 35.8 Å². The number of hydrogen-bond acceptors (Lipinski definition) is 8. The molecular weight excluding hydrogens is 725 g/mol. The molecule has 2 aliphatic rings.